The van der Waals surface area contributed by atoms with Crippen molar-refractivity contribution in [3.63, 3.8) is 0 Å². The largest absolute Gasteiger partial charge is 1.00 e. The molecule has 0 aliphatic carbocycles. The van der Waals surface area contributed by atoms with E-state index in [0.29, 0.717) is 24.1 Å². The van der Waals surface area contributed by atoms with Gasteiger partial charge in [-0.15, -0.1) is 0 Å². The predicted molar refractivity (Wildman–Crippen MR) is 70.1 cm³/mol. The fourth-order valence-electron chi connectivity index (χ4n) is 1.46. The van der Waals surface area contributed by atoms with E-state index in [-0.39, 0.29) is 130 Å². The normalized spacial score (nSPS) is 13.2. The van der Waals surface area contributed by atoms with E-state index < -0.39 is 49.3 Å². The van der Waals surface area contributed by atoms with Crippen LogP contribution in [0.3, 0.4) is 0 Å². The Morgan fingerprint density at radius 3 is 1.78 bits per heavy atom. The van der Waals surface area contributed by atoms with Crippen LogP contribution in [0.25, 0.3) is 0 Å². The Balaban J connectivity index is -0.000000403. The van der Waals surface area contributed by atoms with Crippen LogP contribution in [0.15, 0.2) is 0 Å². The Kier molecular flexibility index (Phi) is 36.0. The van der Waals surface area contributed by atoms with Gasteiger partial charge in [-0.3, -0.25) is 10.1 Å². The van der Waals surface area contributed by atoms with E-state index in [1.165, 1.54) is 0 Å². The molecule has 0 heterocycles. The maximum Gasteiger partial charge on any atom is 1.00 e. The van der Waals surface area contributed by atoms with Crippen LogP contribution >= 0.6 is 24.1 Å². The molecular formula is C7H12Na4O12S4. The van der Waals surface area contributed by atoms with Crippen molar-refractivity contribution in [2.24, 2.45) is 0 Å². The summed E-state index contributed by atoms with van der Waals surface area (Å²) >= 11 is 0.975. The first-order valence-corrected chi connectivity index (χ1v) is 10.4. The van der Waals surface area contributed by atoms with Crippen LogP contribution in [0.5, 0.6) is 0 Å². The minimum atomic E-state index is -4.90. The van der Waals surface area contributed by atoms with Crippen LogP contribution < -0.4 is 129 Å². The van der Waals surface area contributed by atoms with Gasteiger partial charge in [0.25, 0.3) is 0 Å². The fourth-order valence-corrected chi connectivity index (χ4v) is 4.48. The summed E-state index contributed by atoms with van der Waals surface area (Å²) < 4.78 is 73.1. The maximum atomic E-state index is 11.1. The van der Waals surface area contributed by atoms with Crippen LogP contribution in [0, 0.1) is 0 Å². The molecule has 27 heavy (non-hydrogen) atoms. The van der Waals surface area contributed by atoms with Gasteiger partial charge < -0.3 is 19.6 Å². The molecule has 2 atom stereocenters. The molecule has 0 aromatic heterocycles. The predicted octanol–water partition coefficient (Wildman–Crippen LogP) is -14.3. The summed E-state index contributed by atoms with van der Waals surface area (Å²) in [4.78, 5) is 0. The molecule has 0 aliphatic rings. The van der Waals surface area contributed by atoms with Gasteiger partial charge in [0, 0.05) is 40.8 Å². The molecule has 0 amide bonds. The minimum absolute atomic E-state index is 0. The molecule has 0 rings (SSSR count). The number of hydrogen-bond acceptors (Lipinski definition) is 14. The summed E-state index contributed by atoms with van der Waals surface area (Å²) in [7, 11) is -9.59. The maximum absolute atomic E-state index is 11.1. The van der Waals surface area contributed by atoms with Crippen LogP contribution in [-0.2, 0) is 39.0 Å². The van der Waals surface area contributed by atoms with Crippen molar-refractivity contribution in [3.8, 4) is 0 Å². The Labute approximate surface area is 254 Å². The Morgan fingerprint density at radius 2 is 1.37 bits per heavy atom. The van der Waals surface area contributed by atoms with Gasteiger partial charge in [-0.25, -0.2) is 16.8 Å². The van der Waals surface area contributed by atoms with Gasteiger partial charge in [0.05, 0.1) is 25.5 Å². The third kappa shape index (κ3) is 26.4. The van der Waals surface area contributed by atoms with Crippen molar-refractivity contribution >= 4 is 44.3 Å². The first kappa shape index (κ1) is 41.5. The fraction of sp³-hybridized carbons (Fsp3) is 1.00. The van der Waals surface area contributed by atoms with Gasteiger partial charge in [0.2, 0.25) is 0 Å². The summed E-state index contributed by atoms with van der Waals surface area (Å²) in [5, 5.41) is 23.1. The van der Waals surface area contributed by atoms with E-state index in [1.54, 1.807) is 0 Å². The molecule has 140 valence electrons. The third-order valence-electron chi connectivity index (χ3n) is 2.43. The second-order valence-electron chi connectivity index (χ2n) is 4.00. The molecule has 0 saturated carbocycles. The first-order valence-electron chi connectivity index (χ1n) is 5.68. The second kappa shape index (κ2) is 23.4. The Bertz CT molecular complexity index is 520. The van der Waals surface area contributed by atoms with Gasteiger partial charge in [0.1, 0.15) is 0 Å². The molecule has 0 aromatic rings. The summed E-state index contributed by atoms with van der Waals surface area (Å²) in [5.41, 5.74) is 0. The van der Waals surface area contributed by atoms with Gasteiger partial charge in [-0.05, 0) is 19.3 Å². The molecule has 12 nitrogen and oxygen atoms in total. The van der Waals surface area contributed by atoms with Crippen LogP contribution in [0.4, 0.5) is 0 Å². The average molecular weight is 508 g/mol. The summed E-state index contributed by atoms with van der Waals surface area (Å²) in [6.07, 6.45) is -1.02. The molecule has 20 heteroatoms. The van der Waals surface area contributed by atoms with E-state index in [9.17, 15) is 36.5 Å². The average Bonchev–Trinajstić information content (AvgIpc) is 2.42. The molecule has 0 fully saturated rings. The molecule has 0 N–H and O–H groups in total. The quantitative estimate of drug-likeness (QED) is 0.0535. The summed E-state index contributed by atoms with van der Waals surface area (Å²) in [5.74, 6) is -0.940. The molecule has 0 aliphatic heterocycles. The topological polar surface area (TPSA) is 197 Å². The minimum Gasteiger partial charge on any atom is -0.748 e. The standard InChI is InChI=1S/C7H16O12S4.4Na/c8-16-18-20-3-1-6(21-19-17-9)5-7(23(13,14)15)2-4-22(10,11)12;;;;/h6-9H,1-5H2,(H,10,11,12)(H,13,14,15);;;;/q;4*+1/p-4. The Hall–Kier alpha value is 4.28. The van der Waals surface area contributed by atoms with Gasteiger partial charge >= 0.3 is 118 Å². The molecule has 2 unspecified atom stereocenters. The summed E-state index contributed by atoms with van der Waals surface area (Å²) in [6.45, 7) is 0. The zero-order chi connectivity index (χ0) is 17.9. The van der Waals surface area contributed by atoms with Crippen molar-refractivity contribution in [2.75, 3.05) is 11.5 Å². The van der Waals surface area contributed by atoms with Crippen molar-refractivity contribution in [1.29, 1.82) is 0 Å². The molecule has 0 aromatic carbocycles. The van der Waals surface area contributed by atoms with Gasteiger partial charge in [-0.1, -0.05) is 0 Å². The molecule has 0 bridgehead atoms. The zero-order valence-corrected chi connectivity index (χ0v) is 26.5. The van der Waals surface area contributed by atoms with Crippen molar-refractivity contribution in [2.45, 2.75) is 29.8 Å². The molecular weight excluding hydrogens is 496 g/mol. The zero-order valence-electron chi connectivity index (χ0n) is 15.2. The van der Waals surface area contributed by atoms with Crippen LogP contribution in [0.1, 0.15) is 19.3 Å². The van der Waals surface area contributed by atoms with E-state index in [1.807, 2.05) is 0 Å². The van der Waals surface area contributed by atoms with Crippen LogP contribution in [0.2, 0.25) is 0 Å². The third-order valence-corrected chi connectivity index (χ3v) is 5.79. The first-order chi connectivity index (χ1) is 10.6. The molecule has 0 spiro atoms. The summed E-state index contributed by atoms with van der Waals surface area (Å²) in [6, 6.07) is 0. The monoisotopic (exact) mass is 508 g/mol. The van der Waals surface area contributed by atoms with E-state index in [0.717, 1.165) is 0 Å². The van der Waals surface area contributed by atoms with Gasteiger partial charge in [0.15, 0.2) is 0 Å². The SMILES string of the molecule is O=S(=O)([O-])CCC(CC(CCSOO[O-])SOO[O-])S(=O)(=O)[O-].[Na+].[Na+].[Na+].[Na+]. The van der Waals surface area contributed by atoms with E-state index in [2.05, 4.69) is 18.7 Å². The van der Waals surface area contributed by atoms with Crippen molar-refractivity contribution in [1.82, 2.24) is 0 Å². The molecule has 0 saturated heterocycles. The number of rotatable bonds is 14. The molecule has 0 radical (unpaired) electrons. The van der Waals surface area contributed by atoms with Crippen molar-refractivity contribution < 1.29 is 173 Å². The van der Waals surface area contributed by atoms with Crippen LogP contribution in [-0.4, -0.2) is 47.9 Å². The Morgan fingerprint density at radius 1 is 0.852 bits per heavy atom. The van der Waals surface area contributed by atoms with E-state index >= 15 is 0 Å². The van der Waals surface area contributed by atoms with Crippen molar-refractivity contribution in [3.05, 3.63) is 0 Å². The van der Waals surface area contributed by atoms with E-state index in [4.69, 9.17) is 0 Å². The number of hydrogen-bond donors (Lipinski definition) is 0. The van der Waals surface area contributed by atoms with Gasteiger partial charge in [-0.2, -0.15) is 8.67 Å². The smallest absolute Gasteiger partial charge is 0.748 e. The second-order valence-corrected chi connectivity index (χ2v) is 8.95.